The van der Waals surface area contributed by atoms with Crippen LogP contribution in [0.15, 0.2) is 49.0 Å². The number of hydrogen-bond acceptors (Lipinski definition) is 2. The zero-order valence-electron chi connectivity index (χ0n) is 14.5. The quantitative estimate of drug-likeness (QED) is 0.766. The van der Waals surface area contributed by atoms with Crippen LogP contribution in [0.3, 0.4) is 0 Å². The van der Waals surface area contributed by atoms with Crippen LogP contribution < -0.4 is 4.74 Å². The zero-order valence-corrected chi connectivity index (χ0v) is 14.5. The van der Waals surface area contributed by atoms with Crippen molar-refractivity contribution in [1.29, 1.82) is 0 Å². The van der Waals surface area contributed by atoms with Gasteiger partial charge in [0.25, 0.3) is 0 Å². The van der Waals surface area contributed by atoms with Gasteiger partial charge in [0.2, 0.25) is 0 Å². The highest BCUT2D eigenvalue weighted by atomic mass is 19.1. The van der Waals surface area contributed by atoms with E-state index < -0.39 is 11.6 Å². The fourth-order valence-electron chi connectivity index (χ4n) is 3.24. The van der Waals surface area contributed by atoms with Crippen LogP contribution in [0.4, 0.5) is 8.78 Å². The summed E-state index contributed by atoms with van der Waals surface area (Å²) in [6, 6.07) is 12.1. The lowest BCUT2D eigenvalue weighted by Gasteiger charge is -2.30. The number of rotatable bonds is 5. The first-order chi connectivity index (χ1) is 12.1. The molecule has 1 heterocycles. The molecule has 3 rings (SSSR count). The first kappa shape index (κ1) is 17.6. The maximum atomic E-state index is 14.9. The van der Waals surface area contributed by atoms with Crippen molar-refractivity contribution in [3.63, 3.8) is 0 Å². The third-order valence-electron chi connectivity index (χ3n) is 4.83. The van der Waals surface area contributed by atoms with Gasteiger partial charge in [-0.25, -0.2) is 8.78 Å². The number of halogens is 2. The predicted octanol–water partition coefficient (Wildman–Crippen LogP) is 4.90. The van der Waals surface area contributed by atoms with E-state index in [9.17, 15) is 8.78 Å². The average Bonchev–Trinajstić information content (AvgIpc) is 2.62. The molecule has 0 saturated carbocycles. The Morgan fingerprint density at radius 1 is 1.12 bits per heavy atom. The molecule has 2 nitrogen and oxygen atoms in total. The van der Waals surface area contributed by atoms with Crippen molar-refractivity contribution in [2.24, 2.45) is 5.92 Å². The number of ether oxygens (including phenoxy) is 1. The summed E-state index contributed by atoms with van der Waals surface area (Å²) in [6.07, 6.45) is 1.73. The van der Waals surface area contributed by atoms with Gasteiger partial charge in [0.15, 0.2) is 11.6 Å². The summed E-state index contributed by atoms with van der Waals surface area (Å²) in [4.78, 5) is 2.22. The molecule has 0 bridgehead atoms. The summed E-state index contributed by atoms with van der Waals surface area (Å²) >= 11 is 0. The molecule has 0 spiro atoms. The van der Waals surface area contributed by atoms with Gasteiger partial charge in [-0.2, -0.15) is 0 Å². The highest BCUT2D eigenvalue weighted by molar-refractivity contribution is 5.68. The molecular formula is C21H23F2NO. The number of piperidine rings is 1. The van der Waals surface area contributed by atoms with E-state index in [1.165, 1.54) is 12.1 Å². The minimum Gasteiger partial charge on any atom is -0.486 e. The fourth-order valence-corrected chi connectivity index (χ4v) is 3.24. The maximum Gasteiger partial charge on any atom is 0.175 e. The molecule has 1 aliphatic heterocycles. The van der Waals surface area contributed by atoms with E-state index in [4.69, 9.17) is 4.74 Å². The Hall–Kier alpha value is -2.20. The second kappa shape index (κ2) is 7.79. The zero-order chi connectivity index (χ0) is 17.8. The number of allylic oxidation sites excluding steroid dienone is 1. The molecule has 2 aromatic rings. The highest BCUT2D eigenvalue weighted by Crippen LogP contribution is 2.36. The number of nitrogens with zero attached hydrogens (tertiary/aromatic N) is 1. The van der Waals surface area contributed by atoms with Crippen LogP contribution in [0.2, 0.25) is 0 Å². The minimum atomic E-state index is -0.653. The molecule has 0 N–H and O–H groups in total. The lowest BCUT2D eigenvalue weighted by molar-refractivity contribution is 0.247. The first-order valence-corrected chi connectivity index (χ1v) is 8.58. The van der Waals surface area contributed by atoms with E-state index in [0.29, 0.717) is 5.57 Å². The van der Waals surface area contributed by atoms with E-state index in [2.05, 4.69) is 18.5 Å². The topological polar surface area (TPSA) is 12.5 Å². The van der Waals surface area contributed by atoms with Crippen LogP contribution in [-0.4, -0.2) is 25.0 Å². The normalized spacial score (nSPS) is 16.0. The maximum absolute atomic E-state index is 14.9. The summed E-state index contributed by atoms with van der Waals surface area (Å²) < 4.78 is 34.8. The molecule has 1 aliphatic rings. The molecule has 0 radical (unpaired) electrons. The first-order valence-electron chi connectivity index (χ1n) is 8.58. The number of benzene rings is 2. The van der Waals surface area contributed by atoms with Crippen molar-refractivity contribution in [2.45, 2.75) is 19.4 Å². The molecule has 4 heteroatoms. The molecule has 0 aliphatic carbocycles. The van der Waals surface area contributed by atoms with Crippen LogP contribution in [0.5, 0.6) is 5.75 Å². The Morgan fingerprint density at radius 2 is 1.80 bits per heavy atom. The van der Waals surface area contributed by atoms with Gasteiger partial charge >= 0.3 is 0 Å². The Balaban J connectivity index is 1.78. The average molecular weight is 343 g/mol. The second-order valence-corrected chi connectivity index (χ2v) is 6.61. The van der Waals surface area contributed by atoms with E-state index >= 15 is 0 Å². The Labute approximate surface area is 147 Å². The van der Waals surface area contributed by atoms with Crippen molar-refractivity contribution in [2.75, 3.05) is 20.1 Å². The molecule has 1 fully saturated rings. The molecule has 0 atom stereocenters. The van der Waals surface area contributed by atoms with Gasteiger partial charge in [-0.3, -0.25) is 0 Å². The third-order valence-corrected chi connectivity index (χ3v) is 4.83. The standard InChI is InChI=1S/C21H23F2NO/c1-15(17-10-12-24(2)13-11-17)20-18(22)8-9-19(21(20)23)25-14-16-6-4-3-5-7-16/h3-9,17H,1,10-14H2,2H3. The van der Waals surface area contributed by atoms with E-state index in [1.54, 1.807) is 0 Å². The van der Waals surface area contributed by atoms with Crippen molar-refractivity contribution in [1.82, 2.24) is 4.90 Å². The summed E-state index contributed by atoms with van der Waals surface area (Å²) in [7, 11) is 2.05. The van der Waals surface area contributed by atoms with Crippen molar-refractivity contribution < 1.29 is 13.5 Å². The van der Waals surface area contributed by atoms with E-state index in [-0.39, 0.29) is 23.8 Å². The molecule has 0 amide bonds. The molecular weight excluding hydrogens is 320 g/mol. The van der Waals surface area contributed by atoms with Crippen LogP contribution in [0, 0.1) is 17.6 Å². The second-order valence-electron chi connectivity index (χ2n) is 6.61. The SMILES string of the molecule is C=C(c1c(F)ccc(OCc2ccccc2)c1F)C1CCN(C)CC1. The smallest absolute Gasteiger partial charge is 0.175 e. The molecule has 2 aromatic carbocycles. The van der Waals surface area contributed by atoms with Crippen LogP contribution in [0.25, 0.3) is 5.57 Å². The van der Waals surface area contributed by atoms with Gasteiger partial charge in [-0.15, -0.1) is 0 Å². The Kier molecular flexibility index (Phi) is 5.49. The molecule has 25 heavy (non-hydrogen) atoms. The summed E-state index contributed by atoms with van der Waals surface area (Å²) in [5, 5.41) is 0. The van der Waals surface area contributed by atoms with Crippen molar-refractivity contribution in [3.05, 3.63) is 71.8 Å². The van der Waals surface area contributed by atoms with Gasteiger partial charge in [-0.1, -0.05) is 36.9 Å². The van der Waals surface area contributed by atoms with Gasteiger partial charge in [0.1, 0.15) is 12.4 Å². The molecule has 132 valence electrons. The summed E-state index contributed by atoms with van der Waals surface area (Å²) in [5.74, 6) is -1.06. The fraction of sp³-hybridized carbons (Fsp3) is 0.333. The van der Waals surface area contributed by atoms with Crippen LogP contribution in [-0.2, 0) is 6.61 Å². The lowest BCUT2D eigenvalue weighted by Crippen LogP contribution is -2.30. The predicted molar refractivity (Wildman–Crippen MR) is 96.4 cm³/mol. The van der Waals surface area contributed by atoms with Gasteiger partial charge in [-0.05, 0) is 62.2 Å². The summed E-state index contributed by atoms with van der Waals surface area (Å²) in [5.41, 5.74) is 1.44. The van der Waals surface area contributed by atoms with Gasteiger partial charge in [0.05, 0.1) is 5.56 Å². The largest absolute Gasteiger partial charge is 0.486 e. The third kappa shape index (κ3) is 4.07. The van der Waals surface area contributed by atoms with Crippen LogP contribution >= 0.6 is 0 Å². The highest BCUT2D eigenvalue weighted by Gasteiger charge is 2.25. The molecule has 1 saturated heterocycles. The molecule has 0 aromatic heterocycles. The van der Waals surface area contributed by atoms with Crippen molar-refractivity contribution in [3.8, 4) is 5.75 Å². The van der Waals surface area contributed by atoms with Crippen LogP contribution in [0.1, 0.15) is 24.0 Å². The number of hydrogen-bond donors (Lipinski definition) is 0. The van der Waals surface area contributed by atoms with Gasteiger partial charge < -0.3 is 9.64 Å². The van der Waals surface area contributed by atoms with E-state index in [0.717, 1.165) is 31.5 Å². The molecule has 0 unspecified atom stereocenters. The Bertz CT molecular complexity index is 737. The number of likely N-dealkylation sites (tertiary alicyclic amines) is 1. The lowest BCUT2D eigenvalue weighted by atomic mass is 9.85. The van der Waals surface area contributed by atoms with Crippen molar-refractivity contribution >= 4 is 5.57 Å². The summed E-state index contributed by atoms with van der Waals surface area (Å²) in [6.45, 7) is 6.07. The van der Waals surface area contributed by atoms with E-state index in [1.807, 2.05) is 30.3 Å². The monoisotopic (exact) mass is 343 g/mol. The Morgan fingerprint density at radius 3 is 2.48 bits per heavy atom. The van der Waals surface area contributed by atoms with Gasteiger partial charge in [0, 0.05) is 0 Å². The minimum absolute atomic E-state index is 0.0277.